The number of amides is 1. The van der Waals surface area contributed by atoms with Crippen molar-refractivity contribution < 1.29 is 9.90 Å². The van der Waals surface area contributed by atoms with E-state index in [2.05, 4.69) is 29.3 Å². The number of nitrogens with one attached hydrogen (secondary N) is 1. The van der Waals surface area contributed by atoms with Crippen LogP contribution in [0.4, 0.5) is 5.69 Å². The van der Waals surface area contributed by atoms with Crippen molar-refractivity contribution in [3.63, 3.8) is 0 Å². The molecule has 2 N–H and O–H groups in total. The number of rotatable bonds is 8. The number of nitrogens with zero attached hydrogens (tertiary/aromatic N) is 2. The van der Waals surface area contributed by atoms with Crippen molar-refractivity contribution in [2.75, 3.05) is 18.0 Å². The van der Waals surface area contributed by atoms with Gasteiger partial charge >= 0.3 is 0 Å². The van der Waals surface area contributed by atoms with Gasteiger partial charge in [-0.15, -0.1) is 0 Å². The number of aromatic hydroxyl groups is 1. The molecular weight excluding hydrogens is 326 g/mol. The first-order valence-electron chi connectivity index (χ1n) is 9.00. The highest BCUT2D eigenvalue weighted by molar-refractivity contribution is 5.95. The summed E-state index contributed by atoms with van der Waals surface area (Å²) in [5.74, 6) is 0.0542. The normalized spacial score (nSPS) is 11.3. The molecule has 2 aromatic carbocycles. The van der Waals surface area contributed by atoms with Crippen LogP contribution in [0.1, 0.15) is 43.1 Å². The first-order valence-corrected chi connectivity index (χ1v) is 9.00. The third-order valence-corrected chi connectivity index (χ3v) is 4.32. The predicted octanol–water partition coefficient (Wildman–Crippen LogP) is 3.98. The number of hydrogen-bond donors (Lipinski definition) is 2. The lowest BCUT2D eigenvalue weighted by molar-refractivity contribution is 0.0954. The lowest BCUT2D eigenvalue weighted by atomic mass is 10.1. The number of carbonyl (C=O) groups is 1. The zero-order chi connectivity index (χ0) is 18.9. The molecule has 0 radical (unpaired) electrons. The second-order valence-corrected chi connectivity index (χ2v) is 6.17. The molecule has 0 saturated heterocycles. The summed E-state index contributed by atoms with van der Waals surface area (Å²) in [7, 11) is 0. The molecule has 0 aliphatic rings. The second kappa shape index (κ2) is 9.61. The lowest BCUT2D eigenvalue weighted by Gasteiger charge is -2.20. The van der Waals surface area contributed by atoms with Gasteiger partial charge < -0.3 is 10.0 Å². The average Bonchev–Trinajstić information content (AvgIpc) is 2.67. The Morgan fingerprint density at radius 3 is 2.23 bits per heavy atom. The Labute approximate surface area is 155 Å². The van der Waals surface area contributed by atoms with Crippen molar-refractivity contribution in [3.05, 3.63) is 59.7 Å². The second-order valence-electron chi connectivity index (χ2n) is 6.17. The van der Waals surface area contributed by atoms with E-state index < -0.39 is 0 Å². The number of aryl methyl sites for hydroxylation is 1. The fourth-order valence-corrected chi connectivity index (χ4v) is 2.67. The predicted molar refractivity (Wildman–Crippen MR) is 107 cm³/mol. The van der Waals surface area contributed by atoms with E-state index in [4.69, 9.17) is 0 Å². The summed E-state index contributed by atoms with van der Waals surface area (Å²) in [5, 5.41) is 13.5. The van der Waals surface area contributed by atoms with Gasteiger partial charge in [0.2, 0.25) is 0 Å². The minimum Gasteiger partial charge on any atom is -0.508 e. The first-order chi connectivity index (χ1) is 12.5. The van der Waals surface area contributed by atoms with Crippen molar-refractivity contribution in [1.82, 2.24) is 5.43 Å². The molecule has 0 saturated carbocycles. The van der Waals surface area contributed by atoms with E-state index >= 15 is 0 Å². The maximum Gasteiger partial charge on any atom is 0.271 e. The minimum atomic E-state index is -0.208. The quantitative estimate of drug-likeness (QED) is 0.557. The van der Waals surface area contributed by atoms with E-state index in [0.29, 0.717) is 5.56 Å². The van der Waals surface area contributed by atoms with Crippen molar-refractivity contribution in [1.29, 1.82) is 0 Å². The third kappa shape index (κ3) is 5.62. The fraction of sp³-hybridized carbons (Fsp3) is 0.333. The molecule has 5 nitrogen and oxygen atoms in total. The van der Waals surface area contributed by atoms with Gasteiger partial charge in [0.05, 0.1) is 0 Å². The molecule has 5 heteroatoms. The van der Waals surface area contributed by atoms with Gasteiger partial charge in [-0.1, -0.05) is 12.1 Å². The van der Waals surface area contributed by atoms with Crippen LogP contribution >= 0.6 is 0 Å². The van der Waals surface area contributed by atoms with Gasteiger partial charge in [-0.2, -0.15) is 5.10 Å². The fourth-order valence-electron chi connectivity index (χ4n) is 2.67. The maximum atomic E-state index is 12.2. The smallest absolute Gasteiger partial charge is 0.271 e. The number of carbonyl (C=O) groups excluding carboxylic acids is 1. The summed E-state index contributed by atoms with van der Waals surface area (Å²) in [6.45, 7) is 7.99. The van der Waals surface area contributed by atoms with Gasteiger partial charge in [0.15, 0.2) is 0 Å². The summed E-state index contributed by atoms with van der Waals surface area (Å²) in [5.41, 5.74) is 6.29. The molecular formula is C21H27N3O2. The van der Waals surface area contributed by atoms with Crippen molar-refractivity contribution >= 4 is 17.3 Å². The topological polar surface area (TPSA) is 64.9 Å². The van der Waals surface area contributed by atoms with Gasteiger partial charge in [-0.3, -0.25) is 4.79 Å². The van der Waals surface area contributed by atoms with E-state index in [1.807, 2.05) is 43.3 Å². The average molecular weight is 353 g/mol. The summed E-state index contributed by atoms with van der Waals surface area (Å²) in [4.78, 5) is 14.5. The third-order valence-electron chi connectivity index (χ3n) is 4.32. The zero-order valence-electron chi connectivity index (χ0n) is 15.7. The Bertz CT molecular complexity index is 733. The molecule has 26 heavy (non-hydrogen) atoms. The minimum absolute atomic E-state index is 0.208. The Kier molecular flexibility index (Phi) is 7.21. The molecule has 0 aliphatic heterocycles. The van der Waals surface area contributed by atoms with E-state index in [1.165, 1.54) is 0 Å². The van der Waals surface area contributed by atoms with E-state index in [-0.39, 0.29) is 11.7 Å². The van der Waals surface area contributed by atoms with Crippen LogP contribution in [0.2, 0.25) is 0 Å². The molecule has 0 heterocycles. The van der Waals surface area contributed by atoms with Crippen LogP contribution in [0.25, 0.3) is 0 Å². The SMILES string of the molecule is CCN(CC)c1ccc(C(=O)N/N=C(\C)CCc2ccc(O)cc2)cc1. The summed E-state index contributed by atoms with van der Waals surface area (Å²) in [6.07, 6.45) is 1.55. The van der Waals surface area contributed by atoms with Gasteiger partial charge in [0, 0.05) is 30.1 Å². The molecule has 0 aromatic heterocycles. The summed E-state index contributed by atoms with van der Waals surface area (Å²) < 4.78 is 0. The monoisotopic (exact) mass is 353 g/mol. The molecule has 2 aromatic rings. The molecule has 0 spiro atoms. The highest BCUT2D eigenvalue weighted by Gasteiger charge is 2.07. The van der Waals surface area contributed by atoms with Gasteiger partial charge in [0.25, 0.3) is 5.91 Å². The van der Waals surface area contributed by atoms with Crippen LogP contribution < -0.4 is 10.3 Å². The van der Waals surface area contributed by atoms with Crippen molar-refractivity contribution in [2.24, 2.45) is 5.10 Å². The Balaban J connectivity index is 1.88. The molecule has 0 bridgehead atoms. The lowest BCUT2D eigenvalue weighted by Crippen LogP contribution is -2.22. The van der Waals surface area contributed by atoms with Crippen LogP contribution in [0, 0.1) is 0 Å². The molecule has 1 amide bonds. The van der Waals surface area contributed by atoms with Crippen LogP contribution in [-0.2, 0) is 6.42 Å². The Morgan fingerprint density at radius 1 is 1.04 bits per heavy atom. The molecule has 138 valence electrons. The Morgan fingerprint density at radius 2 is 1.65 bits per heavy atom. The number of benzene rings is 2. The molecule has 0 fully saturated rings. The first kappa shape index (κ1) is 19.5. The van der Waals surface area contributed by atoms with Crippen LogP contribution in [0.5, 0.6) is 5.75 Å². The van der Waals surface area contributed by atoms with E-state index in [1.54, 1.807) is 12.1 Å². The number of phenols is 1. The molecule has 2 rings (SSSR count). The number of hydrazone groups is 1. The summed E-state index contributed by atoms with van der Waals surface area (Å²) >= 11 is 0. The van der Waals surface area contributed by atoms with Crippen LogP contribution in [0.3, 0.4) is 0 Å². The maximum absolute atomic E-state index is 12.2. The number of hydrogen-bond acceptors (Lipinski definition) is 4. The van der Waals surface area contributed by atoms with Gasteiger partial charge in [-0.25, -0.2) is 5.43 Å². The Hall–Kier alpha value is -2.82. The summed E-state index contributed by atoms with van der Waals surface area (Å²) in [6, 6.07) is 14.7. The highest BCUT2D eigenvalue weighted by atomic mass is 16.3. The number of anilines is 1. The van der Waals surface area contributed by atoms with Crippen LogP contribution in [0.15, 0.2) is 53.6 Å². The molecule has 0 atom stereocenters. The van der Waals surface area contributed by atoms with E-state index in [0.717, 1.165) is 42.9 Å². The largest absolute Gasteiger partial charge is 0.508 e. The van der Waals surface area contributed by atoms with E-state index in [9.17, 15) is 9.90 Å². The van der Waals surface area contributed by atoms with Crippen molar-refractivity contribution in [3.8, 4) is 5.75 Å². The van der Waals surface area contributed by atoms with Gasteiger partial charge in [0.1, 0.15) is 5.75 Å². The van der Waals surface area contributed by atoms with Crippen LogP contribution in [-0.4, -0.2) is 29.8 Å². The highest BCUT2D eigenvalue weighted by Crippen LogP contribution is 2.15. The standard InChI is InChI=1S/C21H27N3O2/c1-4-24(5-2)19-12-10-18(11-13-19)21(26)23-22-16(3)6-7-17-8-14-20(25)15-9-17/h8-15,25H,4-7H2,1-3H3,(H,23,26)/b22-16+. The van der Waals surface area contributed by atoms with Gasteiger partial charge in [-0.05, 0) is 75.6 Å². The van der Waals surface area contributed by atoms with Crippen molar-refractivity contribution in [2.45, 2.75) is 33.6 Å². The molecule has 0 unspecified atom stereocenters. The molecule has 0 aliphatic carbocycles. The zero-order valence-corrected chi connectivity index (χ0v) is 15.7. The number of phenolic OH excluding ortho intramolecular Hbond substituents is 1.